The maximum atomic E-state index is 12.4. The van der Waals surface area contributed by atoms with Crippen molar-refractivity contribution in [3.05, 3.63) is 76.5 Å². The summed E-state index contributed by atoms with van der Waals surface area (Å²) in [5.41, 5.74) is -0.291. The molecular weight excluding hydrogens is 705 g/mol. The van der Waals surface area contributed by atoms with E-state index in [2.05, 4.69) is 0 Å². The van der Waals surface area contributed by atoms with Gasteiger partial charge in [0.1, 0.15) is 6.54 Å². The lowest BCUT2D eigenvalue weighted by molar-refractivity contribution is -0.437. The molecule has 0 radical (unpaired) electrons. The zero-order chi connectivity index (χ0) is 36.9. The van der Waals surface area contributed by atoms with Crippen LogP contribution in [-0.4, -0.2) is 95.9 Å². The second-order valence-electron chi connectivity index (χ2n) is 12.8. The Hall–Kier alpha value is -3.94. The van der Waals surface area contributed by atoms with Crippen LogP contribution in [0.4, 0.5) is 11.4 Å². The van der Waals surface area contributed by atoms with E-state index in [1.54, 1.807) is 62.6 Å². The van der Waals surface area contributed by atoms with Gasteiger partial charge >= 0.3 is 11.9 Å². The molecule has 15 nitrogen and oxygen atoms in total. The van der Waals surface area contributed by atoms with E-state index >= 15 is 0 Å². The number of rotatable bonds is 13. The number of anilines is 1. The quantitative estimate of drug-likeness (QED) is 0.170. The van der Waals surface area contributed by atoms with Crippen molar-refractivity contribution in [2.45, 2.75) is 56.3 Å². The molecule has 0 spiro atoms. The Morgan fingerprint density at radius 3 is 2.06 bits per heavy atom. The van der Waals surface area contributed by atoms with Crippen LogP contribution in [0.15, 0.2) is 59.2 Å². The van der Waals surface area contributed by atoms with Gasteiger partial charge in [0.15, 0.2) is 5.71 Å². The third-order valence-corrected chi connectivity index (χ3v) is 11.1. The summed E-state index contributed by atoms with van der Waals surface area (Å²) in [6, 6.07) is 6.60. The minimum atomic E-state index is -4.87. The molecule has 2 aromatic rings. The monoisotopic (exact) mass is 740 g/mol. The Bertz CT molecular complexity index is 2160. The van der Waals surface area contributed by atoms with Crippen LogP contribution in [0, 0.1) is 0 Å². The number of nitrogens with zero attached hydrogens (tertiary/aromatic N) is 2. The van der Waals surface area contributed by atoms with Gasteiger partial charge in [0.25, 0.3) is 20.2 Å². The minimum Gasteiger partial charge on any atom is -0.748 e. The van der Waals surface area contributed by atoms with E-state index in [-0.39, 0.29) is 42.7 Å². The fraction of sp³-hybridized carbons (Fsp3) is 0.387. The molecule has 2 aliphatic heterocycles. The third kappa shape index (κ3) is 7.79. The molecule has 0 saturated carbocycles. The average molecular weight is 741 g/mol. The topological polar surface area (TPSA) is 247 Å². The number of carbonyl (C=O) groups is 2. The predicted molar refractivity (Wildman–Crippen MR) is 177 cm³/mol. The van der Waals surface area contributed by atoms with Crippen molar-refractivity contribution in [2.75, 3.05) is 29.5 Å². The van der Waals surface area contributed by atoms with Crippen molar-refractivity contribution in [1.29, 1.82) is 0 Å². The zero-order valence-corrected chi connectivity index (χ0v) is 29.4. The van der Waals surface area contributed by atoms with Crippen LogP contribution in [0.1, 0.15) is 72.4 Å². The molecule has 0 atom stereocenters. The number of aromatic carboxylic acids is 2. The van der Waals surface area contributed by atoms with E-state index in [0.29, 0.717) is 22.7 Å². The minimum absolute atomic E-state index is 0.0268. The molecule has 0 fully saturated rings. The maximum absolute atomic E-state index is 12.4. The molecule has 0 aliphatic carbocycles. The van der Waals surface area contributed by atoms with Crippen molar-refractivity contribution >= 4 is 59.4 Å². The van der Waals surface area contributed by atoms with E-state index < -0.39 is 75.1 Å². The van der Waals surface area contributed by atoms with Crippen molar-refractivity contribution in [1.82, 2.24) is 0 Å². The van der Waals surface area contributed by atoms with Crippen molar-refractivity contribution < 1.29 is 63.3 Å². The van der Waals surface area contributed by atoms with Gasteiger partial charge in [-0.1, -0.05) is 26.0 Å². The van der Waals surface area contributed by atoms with Crippen LogP contribution in [-0.2, 0) is 41.2 Å². The molecule has 0 aromatic heterocycles. The summed E-state index contributed by atoms with van der Waals surface area (Å²) >= 11 is 0. The Kier molecular flexibility index (Phi) is 10.1. The number of carboxylic acid groups (broad SMARTS) is 2. The first-order valence-electron chi connectivity index (χ1n) is 14.8. The summed E-state index contributed by atoms with van der Waals surface area (Å²) in [5, 5.41) is 20.0. The van der Waals surface area contributed by atoms with Crippen LogP contribution >= 0.6 is 0 Å². The largest absolute Gasteiger partial charge is 0.748 e. The van der Waals surface area contributed by atoms with Crippen LogP contribution < -0.4 is 4.90 Å². The molecule has 49 heavy (non-hydrogen) atoms. The number of fused-ring (bicyclic) bond motifs is 2. The SMILES string of the molecule is CC1(C)C(/C=C/C=C2/N(CCCS(=O)(=O)O)c3cc(S(=O)(=O)O)cc(C(=O)O)c3C2(C)C)=[N+](CCCS(=O)(=O)[O-])c2cccc(C(=O)O)c21. The molecule has 2 aliphatic rings. The lowest BCUT2D eigenvalue weighted by Crippen LogP contribution is -2.30. The molecule has 266 valence electrons. The number of benzene rings is 2. The highest BCUT2D eigenvalue weighted by atomic mass is 32.2. The first-order chi connectivity index (χ1) is 22.4. The van der Waals surface area contributed by atoms with Gasteiger partial charge < -0.3 is 19.7 Å². The number of carboxylic acids is 2. The molecule has 0 amide bonds. The van der Waals surface area contributed by atoms with E-state index in [1.807, 2.05) is 0 Å². The van der Waals surface area contributed by atoms with E-state index in [1.165, 1.54) is 11.0 Å². The van der Waals surface area contributed by atoms with E-state index in [4.69, 9.17) is 0 Å². The first-order valence-corrected chi connectivity index (χ1v) is 19.5. The molecule has 18 heteroatoms. The smallest absolute Gasteiger partial charge is 0.336 e. The van der Waals surface area contributed by atoms with E-state index in [9.17, 15) is 58.7 Å². The van der Waals surface area contributed by atoms with Crippen molar-refractivity contribution in [3.8, 4) is 0 Å². The van der Waals surface area contributed by atoms with Crippen LogP contribution in [0.3, 0.4) is 0 Å². The summed E-state index contributed by atoms with van der Waals surface area (Å²) in [4.78, 5) is 25.4. The summed E-state index contributed by atoms with van der Waals surface area (Å²) in [6.45, 7) is 6.84. The van der Waals surface area contributed by atoms with Crippen molar-refractivity contribution in [2.24, 2.45) is 0 Å². The normalized spacial score (nSPS) is 17.9. The molecule has 4 N–H and O–H groups in total. The second kappa shape index (κ2) is 13.1. The summed E-state index contributed by atoms with van der Waals surface area (Å²) in [7, 11) is -13.8. The summed E-state index contributed by atoms with van der Waals surface area (Å²) < 4.78 is 102. The Morgan fingerprint density at radius 2 is 1.51 bits per heavy atom. The highest BCUT2D eigenvalue weighted by Gasteiger charge is 2.47. The predicted octanol–water partition coefficient (Wildman–Crippen LogP) is 3.16. The molecule has 2 aromatic carbocycles. The van der Waals surface area contributed by atoms with Gasteiger partial charge in [-0.05, 0) is 44.5 Å². The van der Waals surface area contributed by atoms with Gasteiger partial charge in [0.05, 0.1) is 42.9 Å². The summed E-state index contributed by atoms with van der Waals surface area (Å²) in [5.74, 6) is -3.96. The van der Waals surface area contributed by atoms with E-state index in [0.717, 1.165) is 12.1 Å². The number of allylic oxidation sites excluding steroid dienone is 4. The van der Waals surface area contributed by atoms with Gasteiger partial charge in [-0.3, -0.25) is 9.11 Å². The summed E-state index contributed by atoms with van der Waals surface area (Å²) in [6.07, 6.45) is 4.62. The standard InChI is InChI=1S/C31H36N2O13S3/c1-30(2)24(32(13-7-15-47(38,39)40)22-10-5-9-20(26(22)30)28(34)35)11-6-12-25-31(3,4)27-21(29(36)37)17-19(49(44,45)46)18-23(27)33(25)14-8-16-48(41,42)43/h5-6,9-12,17-18H,7-8,13-16H2,1-4H3,(H4-,34,35,36,37,38,39,40,41,42,43,44,45,46). The van der Waals surface area contributed by atoms with Gasteiger partial charge in [-0.2, -0.15) is 21.4 Å². The second-order valence-corrected chi connectivity index (χ2v) is 17.3. The maximum Gasteiger partial charge on any atom is 0.336 e. The van der Waals surface area contributed by atoms with Gasteiger partial charge in [-0.25, -0.2) is 18.0 Å². The van der Waals surface area contributed by atoms with Gasteiger partial charge in [-0.15, -0.1) is 0 Å². The average Bonchev–Trinajstić information content (AvgIpc) is 3.29. The zero-order valence-electron chi connectivity index (χ0n) is 26.9. The Morgan fingerprint density at radius 1 is 0.878 bits per heavy atom. The van der Waals surface area contributed by atoms with Crippen LogP contribution in [0.2, 0.25) is 0 Å². The Labute approximate surface area is 284 Å². The fourth-order valence-corrected chi connectivity index (χ4v) is 8.20. The lowest BCUT2D eigenvalue weighted by Gasteiger charge is -2.27. The molecular formula is C31H36N2O13S3. The molecule has 2 heterocycles. The van der Waals surface area contributed by atoms with Crippen LogP contribution in [0.25, 0.3) is 0 Å². The lowest BCUT2D eigenvalue weighted by atomic mass is 9.78. The van der Waals surface area contributed by atoms with Crippen LogP contribution in [0.5, 0.6) is 0 Å². The molecule has 0 bridgehead atoms. The number of hydrogen-bond acceptors (Lipinski definition) is 10. The molecule has 4 rings (SSSR count). The molecule has 0 saturated heterocycles. The van der Waals surface area contributed by atoms with Crippen molar-refractivity contribution in [3.63, 3.8) is 0 Å². The third-order valence-electron chi connectivity index (χ3n) is 8.65. The van der Waals surface area contributed by atoms with Gasteiger partial charge in [0.2, 0.25) is 5.69 Å². The fourth-order valence-electron chi connectivity index (χ4n) is 6.69. The molecule has 0 unspecified atom stereocenters. The highest BCUT2D eigenvalue weighted by molar-refractivity contribution is 7.86. The first kappa shape index (κ1) is 37.9. The Balaban J connectivity index is 1.91. The highest BCUT2D eigenvalue weighted by Crippen LogP contribution is 2.50. The number of hydrogen-bond donors (Lipinski definition) is 4. The van der Waals surface area contributed by atoms with Gasteiger partial charge in [0, 0.05) is 53.2 Å².